The van der Waals surface area contributed by atoms with E-state index in [2.05, 4.69) is 16.0 Å². The maximum absolute atomic E-state index is 12.3. The van der Waals surface area contributed by atoms with Gasteiger partial charge in [-0.15, -0.1) is 0 Å². The zero-order valence-electron chi connectivity index (χ0n) is 14.4. The topological polar surface area (TPSA) is 70.2 Å². The quantitative estimate of drug-likeness (QED) is 0.725. The van der Waals surface area contributed by atoms with Crippen LogP contribution < -0.4 is 16.0 Å². The lowest BCUT2D eigenvalue weighted by molar-refractivity contribution is -0.123. The Bertz CT molecular complexity index is 608. The van der Waals surface area contributed by atoms with E-state index >= 15 is 0 Å². The van der Waals surface area contributed by atoms with Crippen LogP contribution in [0.4, 0.5) is 4.79 Å². The smallest absolute Gasteiger partial charge is 0.315 e. The highest BCUT2D eigenvalue weighted by Crippen LogP contribution is 2.41. The average Bonchev–Trinajstić information content (AvgIpc) is 3.09. The molecule has 2 saturated carbocycles. The first-order chi connectivity index (χ1) is 12.1. The van der Waals surface area contributed by atoms with Crippen molar-refractivity contribution in [1.82, 2.24) is 16.0 Å². The second-order valence-corrected chi connectivity index (χ2v) is 7.64. The molecule has 0 atom stereocenters. The van der Waals surface area contributed by atoms with Gasteiger partial charge < -0.3 is 16.0 Å². The Morgan fingerprint density at radius 3 is 2.32 bits per heavy atom. The number of nitrogens with one attached hydrogen (secondary N) is 3. The first-order valence-corrected chi connectivity index (χ1v) is 9.54. The minimum Gasteiger partial charge on any atom is -0.345 e. The lowest BCUT2D eigenvalue weighted by Gasteiger charge is -2.43. The van der Waals surface area contributed by atoms with Gasteiger partial charge in [0.05, 0.1) is 12.1 Å². The Balaban J connectivity index is 1.44. The molecule has 2 aliphatic rings. The molecule has 0 heterocycles. The van der Waals surface area contributed by atoms with E-state index < -0.39 is 0 Å². The van der Waals surface area contributed by atoms with Gasteiger partial charge in [0, 0.05) is 11.6 Å². The van der Waals surface area contributed by atoms with Gasteiger partial charge in [-0.05, 0) is 55.7 Å². The molecule has 0 bridgehead atoms. The largest absolute Gasteiger partial charge is 0.345 e. The second kappa shape index (κ2) is 8.09. The van der Waals surface area contributed by atoms with E-state index in [9.17, 15) is 9.59 Å². The maximum atomic E-state index is 12.3. The van der Waals surface area contributed by atoms with Crippen molar-refractivity contribution in [2.45, 2.75) is 50.5 Å². The summed E-state index contributed by atoms with van der Waals surface area (Å²) in [5.74, 6) is 0.424. The normalized spacial score (nSPS) is 19.1. The highest BCUT2D eigenvalue weighted by molar-refractivity contribution is 6.30. The second-order valence-electron chi connectivity index (χ2n) is 7.20. The monoisotopic (exact) mass is 363 g/mol. The molecule has 6 heteroatoms. The number of carbonyl (C=O) groups excluding carboxylic acids is 2. The Morgan fingerprint density at radius 2 is 1.72 bits per heavy atom. The summed E-state index contributed by atoms with van der Waals surface area (Å²) in [5, 5.41) is 9.30. The van der Waals surface area contributed by atoms with Crippen LogP contribution >= 0.6 is 11.6 Å². The summed E-state index contributed by atoms with van der Waals surface area (Å²) >= 11 is 5.95. The molecule has 0 unspecified atom stereocenters. The molecule has 0 aliphatic heterocycles. The molecule has 1 aromatic rings. The third kappa shape index (κ3) is 4.66. The number of carbonyl (C=O) groups is 2. The van der Waals surface area contributed by atoms with Crippen molar-refractivity contribution in [3.8, 4) is 0 Å². The Labute approximate surface area is 153 Å². The summed E-state index contributed by atoms with van der Waals surface area (Å²) in [4.78, 5) is 24.1. The highest BCUT2D eigenvalue weighted by Gasteiger charge is 2.39. The summed E-state index contributed by atoms with van der Waals surface area (Å²) in [6.07, 6.45) is 7.78. The summed E-state index contributed by atoms with van der Waals surface area (Å²) in [6, 6.07) is 7.35. The van der Waals surface area contributed by atoms with Crippen molar-refractivity contribution >= 4 is 23.5 Å². The fourth-order valence-electron chi connectivity index (χ4n) is 3.77. The van der Waals surface area contributed by atoms with Crippen LogP contribution in [0.3, 0.4) is 0 Å². The van der Waals surface area contributed by atoms with E-state index in [1.54, 1.807) is 0 Å². The number of halogens is 1. The lowest BCUT2D eigenvalue weighted by atomic mass is 9.72. The minimum absolute atomic E-state index is 0.00810. The molecule has 2 fully saturated rings. The molecule has 0 radical (unpaired) electrons. The maximum Gasteiger partial charge on any atom is 0.315 e. The van der Waals surface area contributed by atoms with Crippen LogP contribution in [0.1, 0.15) is 50.5 Å². The molecule has 25 heavy (non-hydrogen) atoms. The fourth-order valence-corrected chi connectivity index (χ4v) is 3.90. The Kier molecular flexibility index (Phi) is 5.84. The van der Waals surface area contributed by atoms with Crippen LogP contribution in [0, 0.1) is 5.92 Å². The zero-order valence-corrected chi connectivity index (χ0v) is 15.2. The molecular weight excluding hydrogens is 338 g/mol. The van der Waals surface area contributed by atoms with E-state index in [1.807, 2.05) is 24.3 Å². The molecular formula is C19H26ClN3O2. The van der Waals surface area contributed by atoms with Crippen LogP contribution in [-0.4, -0.2) is 25.0 Å². The van der Waals surface area contributed by atoms with Gasteiger partial charge in [0.2, 0.25) is 5.91 Å². The summed E-state index contributed by atoms with van der Waals surface area (Å²) < 4.78 is 0. The van der Waals surface area contributed by atoms with E-state index in [0.717, 1.165) is 24.8 Å². The Hall–Kier alpha value is -1.75. The third-order valence-corrected chi connectivity index (χ3v) is 5.67. The minimum atomic E-state index is -0.316. The first-order valence-electron chi connectivity index (χ1n) is 9.16. The predicted molar refractivity (Wildman–Crippen MR) is 98.5 cm³/mol. The van der Waals surface area contributed by atoms with E-state index in [4.69, 9.17) is 11.6 Å². The van der Waals surface area contributed by atoms with Crippen LogP contribution in [0.25, 0.3) is 0 Å². The van der Waals surface area contributed by atoms with Crippen LogP contribution in [0.5, 0.6) is 0 Å². The van der Waals surface area contributed by atoms with Gasteiger partial charge in [0.25, 0.3) is 0 Å². The number of hydrogen-bond donors (Lipinski definition) is 3. The highest BCUT2D eigenvalue weighted by atomic mass is 35.5. The van der Waals surface area contributed by atoms with Gasteiger partial charge in [-0.2, -0.15) is 0 Å². The van der Waals surface area contributed by atoms with Gasteiger partial charge in [-0.25, -0.2) is 4.79 Å². The van der Waals surface area contributed by atoms with Crippen molar-refractivity contribution in [1.29, 1.82) is 0 Å². The molecule has 5 nitrogen and oxygen atoms in total. The molecule has 136 valence electrons. The van der Waals surface area contributed by atoms with E-state index in [1.165, 1.54) is 25.7 Å². The molecule has 2 aliphatic carbocycles. The van der Waals surface area contributed by atoms with Crippen molar-refractivity contribution < 1.29 is 9.59 Å². The van der Waals surface area contributed by atoms with Gasteiger partial charge in [-0.3, -0.25) is 4.79 Å². The molecule has 3 N–H and O–H groups in total. The van der Waals surface area contributed by atoms with Gasteiger partial charge in [-0.1, -0.05) is 36.6 Å². The van der Waals surface area contributed by atoms with Crippen molar-refractivity contribution in [3.05, 3.63) is 34.9 Å². The van der Waals surface area contributed by atoms with Crippen molar-refractivity contribution in [2.75, 3.05) is 13.1 Å². The number of benzene rings is 1. The van der Waals surface area contributed by atoms with Gasteiger partial charge >= 0.3 is 6.03 Å². The lowest BCUT2D eigenvalue weighted by Crippen LogP contribution is -2.53. The first kappa shape index (κ1) is 18.1. The van der Waals surface area contributed by atoms with Crippen LogP contribution in [0.2, 0.25) is 5.02 Å². The van der Waals surface area contributed by atoms with Crippen LogP contribution in [-0.2, 0) is 10.3 Å². The average molecular weight is 364 g/mol. The summed E-state index contributed by atoms with van der Waals surface area (Å²) in [7, 11) is 0. The van der Waals surface area contributed by atoms with Crippen LogP contribution in [0.15, 0.2) is 24.3 Å². The molecule has 3 rings (SSSR count). The van der Waals surface area contributed by atoms with E-state index in [-0.39, 0.29) is 24.0 Å². The summed E-state index contributed by atoms with van der Waals surface area (Å²) in [6.45, 7) is 0.688. The summed E-state index contributed by atoms with van der Waals surface area (Å²) in [5.41, 5.74) is 0.756. The van der Waals surface area contributed by atoms with E-state index in [0.29, 0.717) is 17.5 Å². The number of amides is 3. The SMILES string of the molecule is O=C(CNC(=O)NCC1CCCC1)NC1(c2ccc(Cl)cc2)CCC1. The van der Waals surface area contributed by atoms with Crippen molar-refractivity contribution in [2.24, 2.45) is 5.92 Å². The van der Waals surface area contributed by atoms with Gasteiger partial charge in [0.1, 0.15) is 0 Å². The predicted octanol–water partition coefficient (Wildman–Crippen LogP) is 3.32. The Morgan fingerprint density at radius 1 is 1.04 bits per heavy atom. The van der Waals surface area contributed by atoms with Gasteiger partial charge in [0.15, 0.2) is 0 Å². The van der Waals surface area contributed by atoms with Crippen molar-refractivity contribution in [3.63, 3.8) is 0 Å². The molecule has 0 spiro atoms. The third-order valence-electron chi connectivity index (χ3n) is 5.42. The molecule has 0 aromatic heterocycles. The number of urea groups is 1. The standard InChI is InChI=1S/C19H26ClN3O2/c20-16-8-6-15(7-9-16)19(10-3-11-19)23-17(24)13-22-18(25)21-12-14-4-1-2-5-14/h6-9,14H,1-5,10-13H2,(H,23,24)(H2,21,22,25). The fraction of sp³-hybridized carbons (Fsp3) is 0.579. The molecule has 3 amide bonds. The zero-order chi connectivity index (χ0) is 17.7. The number of hydrogen-bond acceptors (Lipinski definition) is 2. The molecule has 1 aromatic carbocycles. The number of rotatable bonds is 6. The molecule has 0 saturated heterocycles.